The van der Waals surface area contributed by atoms with E-state index < -0.39 is 0 Å². The Kier molecular flexibility index (Phi) is 10.2. The molecule has 9 aliphatic rings. The Hall–Kier alpha value is 1.58. The van der Waals surface area contributed by atoms with Crippen molar-refractivity contribution in [3.8, 4) is 0 Å². The van der Waals surface area contributed by atoms with Gasteiger partial charge < -0.3 is 0 Å². The molecule has 8 nitrogen and oxygen atoms in total. The maximum Gasteiger partial charge on any atom is 0.0681 e. The third-order valence-corrected chi connectivity index (χ3v) is 16.5. The smallest absolute Gasteiger partial charge is 0.0681 e. The first-order valence-electron chi connectivity index (χ1n) is 18.1. The van der Waals surface area contributed by atoms with Crippen LogP contribution >= 0.6 is 46.4 Å². The number of fused-ring (bicyclic) bond motifs is 20. The van der Waals surface area contributed by atoms with Gasteiger partial charge in [0.25, 0.3) is 0 Å². The van der Waals surface area contributed by atoms with Crippen molar-refractivity contribution in [2.24, 2.45) is 47.3 Å². The molecule has 4 saturated carbocycles. The van der Waals surface area contributed by atoms with E-state index in [1.165, 1.54) is 77.0 Å². The molecule has 0 spiro atoms. The van der Waals surface area contributed by atoms with Crippen LogP contribution < -0.4 is 42.5 Å². The van der Waals surface area contributed by atoms with Gasteiger partial charge >= 0.3 is 0 Å². The summed E-state index contributed by atoms with van der Waals surface area (Å²) in [6, 6.07) is 0. The van der Waals surface area contributed by atoms with Crippen LogP contribution in [0.2, 0.25) is 0 Å². The molecule has 0 aromatic heterocycles. The predicted octanol–water partition coefficient (Wildman–Crippen LogP) is 3.47. The molecule has 1 radical (unpaired) electrons. The van der Waals surface area contributed by atoms with Crippen LogP contribution in [0.15, 0.2) is 0 Å². The minimum absolute atomic E-state index is 0. The van der Waals surface area contributed by atoms with Gasteiger partial charge in [-0.3, -0.25) is 42.5 Å². The zero-order valence-electron chi connectivity index (χ0n) is 25.8. The van der Waals surface area contributed by atoms with Gasteiger partial charge in [-0.1, -0.05) is 38.5 Å². The third-order valence-electron chi connectivity index (χ3n) is 13.9. The maximum absolute atomic E-state index is 7.23. The van der Waals surface area contributed by atoms with Crippen molar-refractivity contribution in [1.29, 1.82) is 0 Å². The molecule has 9 rings (SSSR count). The van der Waals surface area contributed by atoms with E-state index in [2.05, 4.69) is 42.5 Å². The standard InChI is InChI=1S/C32H52Cl4N8.Au/c33-21-19-20(22(34)24(36)23(21)35)32-43-30-18-12-6-4-10-16(18)28(41-30)39-26-14-8-2-1-7-13(14)25(37-26)38-27-15-9-3-5-11-17(15)29(40-27)42-31(19)44-32;/h13-32,37-44H,1-12H2;. The SMILES string of the molecule is ClC1C(Cl)C(Cl)C2C3NC4NC(NC5NC(NC6NC(NC(N3)C2C1Cl)C1CCCCC61)C1CCCCC51)C1CCCCC41.[Au]. The minimum atomic E-state index is -0.375. The van der Waals surface area contributed by atoms with Gasteiger partial charge in [0.05, 0.1) is 70.8 Å². The molecule has 13 heteroatoms. The molecule has 5 heterocycles. The summed E-state index contributed by atoms with van der Waals surface area (Å²) < 4.78 is 0. The van der Waals surface area contributed by atoms with Gasteiger partial charge in [0.2, 0.25) is 0 Å². The van der Waals surface area contributed by atoms with Gasteiger partial charge in [-0.2, -0.15) is 0 Å². The van der Waals surface area contributed by atoms with E-state index in [0.29, 0.717) is 60.2 Å². The van der Waals surface area contributed by atoms with E-state index in [4.69, 9.17) is 46.4 Å². The molecule has 0 amide bonds. The van der Waals surface area contributed by atoms with Crippen molar-refractivity contribution < 1.29 is 22.4 Å². The first kappa shape index (κ1) is 33.7. The fourth-order valence-electron chi connectivity index (χ4n) is 11.9. The van der Waals surface area contributed by atoms with Crippen LogP contribution in [0.3, 0.4) is 0 Å². The predicted molar refractivity (Wildman–Crippen MR) is 177 cm³/mol. The van der Waals surface area contributed by atoms with Gasteiger partial charge in [-0.25, -0.2) is 0 Å². The van der Waals surface area contributed by atoms with E-state index >= 15 is 0 Å². The van der Waals surface area contributed by atoms with Crippen molar-refractivity contribution in [3.63, 3.8) is 0 Å². The Morgan fingerprint density at radius 3 is 0.733 bits per heavy atom. The summed E-state index contributed by atoms with van der Waals surface area (Å²) in [6.45, 7) is 0. The van der Waals surface area contributed by atoms with Crippen LogP contribution in [0.5, 0.6) is 0 Å². The Labute approximate surface area is 304 Å². The third kappa shape index (κ3) is 5.76. The summed E-state index contributed by atoms with van der Waals surface area (Å²) in [7, 11) is 0. The number of hydrogen-bond donors (Lipinski definition) is 8. The summed E-state index contributed by atoms with van der Waals surface area (Å²) >= 11 is 28.3. The first-order chi connectivity index (χ1) is 21.5. The van der Waals surface area contributed by atoms with E-state index in [9.17, 15) is 0 Å². The maximum atomic E-state index is 7.23. The molecular weight excluding hydrogens is 835 g/mol. The Morgan fingerprint density at radius 2 is 0.489 bits per heavy atom. The van der Waals surface area contributed by atoms with E-state index in [-0.39, 0.29) is 80.4 Å². The zero-order chi connectivity index (χ0) is 29.7. The molecule has 45 heavy (non-hydrogen) atoms. The van der Waals surface area contributed by atoms with Gasteiger partial charge in [0, 0.05) is 34.2 Å². The molecule has 0 aromatic rings. The summed E-state index contributed by atoms with van der Waals surface area (Å²) in [5.74, 6) is 3.88. The molecule has 5 saturated heterocycles. The van der Waals surface area contributed by atoms with Crippen molar-refractivity contribution in [2.45, 2.75) is 148 Å². The molecule has 20 atom stereocenters. The normalized spacial score (nSPS) is 58.9. The molecule has 4 aliphatic carbocycles. The second-order valence-electron chi connectivity index (χ2n) is 15.9. The van der Waals surface area contributed by atoms with Crippen molar-refractivity contribution in [1.82, 2.24) is 42.5 Å². The molecule has 20 unspecified atom stereocenters. The Bertz CT molecular complexity index is 989. The Balaban J connectivity index is 0.00000300. The zero-order valence-corrected chi connectivity index (χ0v) is 31.0. The number of alkyl halides is 4. The van der Waals surface area contributed by atoms with Crippen LogP contribution in [-0.2, 0) is 22.4 Å². The number of nitrogens with one attached hydrogen (secondary N) is 8. The molecule has 0 aromatic carbocycles. The summed E-state index contributed by atoms with van der Waals surface area (Å²) in [5, 5.41) is 31.7. The molecule has 5 aliphatic heterocycles. The fourth-order valence-corrected chi connectivity index (χ4v) is 13.7. The van der Waals surface area contributed by atoms with Crippen molar-refractivity contribution in [3.05, 3.63) is 0 Å². The van der Waals surface area contributed by atoms with E-state index in [0.717, 1.165) is 0 Å². The average molecular weight is 888 g/mol. The minimum Gasteiger partial charge on any atom is -0.286 e. The van der Waals surface area contributed by atoms with Crippen LogP contribution in [0.1, 0.15) is 77.0 Å². The number of halogens is 4. The second-order valence-corrected chi connectivity index (χ2v) is 17.9. The van der Waals surface area contributed by atoms with Gasteiger partial charge in [-0.15, -0.1) is 46.4 Å². The molecule has 8 N–H and O–H groups in total. The average Bonchev–Trinajstić information content (AvgIpc) is 3.78. The van der Waals surface area contributed by atoms with Gasteiger partial charge in [-0.05, 0) is 74.0 Å². The van der Waals surface area contributed by atoms with Crippen LogP contribution in [0, 0.1) is 47.3 Å². The monoisotopic (exact) mass is 885 g/mol. The first-order valence-corrected chi connectivity index (χ1v) is 19.9. The van der Waals surface area contributed by atoms with Crippen LogP contribution in [0.25, 0.3) is 0 Å². The fraction of sp³-hybridized carbons (Fsp3) is 1.00. The Morgan fingerprint density at radius 1 is 0.289 bits per heavy atom. The summed E-state index contributed by atoms with van der Waals surface area (Å²) in [5.41, 5.74) is 0. The van der Waals surface area contributed by atoms with Crippen LogP contribution in [-0.4, -0.2) is 70.8 Å². The van der Waals surface area contributed by atoms with Gasteiger partial charge in [0.1, 0.15) is 0 Å². The summed E-state index contributed by atoms with van der Waals surface area (Å²) in [4.78, 5) is 0. The van der Waals surface area contributed by atoms with Crippen molar-refractivity contribution >= 4 is 46.4 Å². The second kappa shape index (κ2) is 13.6. The summed E-state index contributed by atoms with van der Waals surface area (Å²) in [6.07, 6.45) is 17.3. The van der Waals surface area contributed by atoms with Crippen molar-refractivity contribution in [2.75, 3.05) is 0 Å². The topological polar surface area (TPSA) is 96.2 Å². The molecular formula is C32H52AuCl4N8. The quantitative estimate of drug-likeness (QED) is 0.139. The number of hydrogen-bond acceptors (Lipinski definition) is 8. The molecule has 259 valence electrons. The van der Waals surface area contributed by atoms with E-state index in [1.54, 1.807) is 0 Å². The molecule has 9 fully saturated rings. The van der Waals surface area contributed by atoms with E-state index in [1.807, 2.05) is 0 Å². The number of rotatable bonds is 0. The largest absolute Gasteiger partial charge is 0.286 e. The molecule has 8 bridgehead atoms. The van der Waals surface area contributed by atoms with Crippen LogP contribution in [0.4, 0.5) is 0 Å². The van der Waals surface area contributed by atoms with Gasteiger partial charge in [0.15, 0.2) is 0 Å².